The summed E-state index contributed by atoms with van der Waals surface area (Å²) < 4.78 is 1.69. The summed E-state index contributed by atoms with van der Waals surface area (Å²) in [6.07, 6.45) is 3.44. The number of hydrogen-bond donors (Lipinski definition) is 1. The summed E-state index contributed by atoms with van der Waals surface area (Å²) in [5.74, 6) is 1.67. The van der Waals surface area contributed by atoms with Crippen LogP contribution in [0.15, 0.2) is 35.1 Å². The number of halogens is 1. The van der Waals surface area contributed by atoms with Crippen LogP contribution < -0.4 is 20.8 Å². The van der Waals surface area contributed by atoms with Crippen LogP contribution in [0.25, 0.3) is 16.7 Å². The quantitative estimate of drug-likeness (QED) is 0.565. The number of anilines is 2. The van der Waals surface area contributed by atoms with E-state index in [2.05, 4.69) is 53.9 Å². The van der Waals surface area contributed by atoms with Crippen molar-refractivity contribution in [2.24, 2.45) is 0 Å². The Balaban J connectivity index is 1.81. The second-order valence-corrected chi connectivity index (χ2v) is 10.6. The molecule has 1 N–H and O–H groups in total. The molecule has 3 aromatic rings. The van der Waals surface area contributed by atoms with Gasteiger partial charge in [0.15, 0.2) is 5.65 Å². The summed E-state index contributed by atoms with van der Waals surface area (Å²) >= 11 is 6.92. The minimum absolute atomic E-state index is 0.207. The highest BCUT2D eigenvalue weighted by atomic mass is 35.5. The number of benzene rings is 1. The number of piperidine rings is 1. The van der Waals surface area contributed by atoms with Crippen LogP contribution in [0.4, 0.5) is 11.6 Å². The lowest BCUT2D eigenvalue weighted by Gasteiger charge is -2.36. The van der Waals surface area contributed by atoms with Gasteiger partial charge in [0, 0.05) is 38.3 Å². The Hall–Kier alpha value is -2.64. The van der Waals surface area contributed by atoms with E-state index >= 15 is 0 Å². The molecule has 2 aliphatic rings. The van der Waals surface area contributed by atoms with E-state index < -0.39 is 0 Å². The number of rotatable bonds is 4. The van der Waals surface area contributed by atoms with Gasteiger partial charge < -0.3 is 15.1 Å². The first kappa shape index (κ1) is 24.1. The summed E-state index contributed by atoms with van der Waals surface area (Å²) in [6, 6.07) is 10.6. The Labute approximate surface area is 212 Å². The zero-order valence-electron chi connectivity index (χ0n) is 21.1. The fourth-order valence-electron chi connectivity index (χ4n) is 5.48. The van der Waals surface area contributed by atoms with Crippen molar-refractivity contribution in [1.82, 2.24) is 19.9 Å². The van der Waals surface area contributed by atoms with Gasteiger partial charge in [0.1, 0.15) is 11.6 Å². The third-order valence-electron chi connectivity index (χ3n) is 7.43. The molecule has 7 nitrogen and oxygen atoms in total. The van der Waals surface area contributed by atoms with Crippen molar-refractivity contribution in [3.8, 4) is 5.69 Å². The molecule has 0 saturated carbocycles. The summed E-state index contributed by atoms with van der Waals surface area (Å²) in [5.41, 5.74) is 2.23. The Morgan fingerprint density at radius 3 is 2.54 bits per heavy atom. The lowest BCUT2D eigenvalue weighted by atomic mass is 10.0. The summed E-state index contributed by atoms with van der Waals surface area (Å²) in [4.78, 5) is 28.0. The van der Waals surface area contributed by atoms with Crippen LogP contribution >= 0.6 is 11.6 Å². The van der Waals surface area contributed by atoms with Crippen molar-refractivity contribution < 1.29 is 0 Å². The van der Waals surface area contributed by atoms with Crippen molar-refractivity contribution in [1.29, 1.82) is 0 Å². The third kappa shape index (κ3) is 4.40. The number of para-hydroxylation sites is 1. The normalized spacial score (nSPS) is 21.2. The maximum absolute atomic E-state index is 13.7. The van der Waals surface area contributed by atoms with Gasteiger partial charge in [-0.15, -0.1) is 0 Å². The molecule has 0 radical (unpaired) electrons. The van der Waals surface area contributed by atoms with Gasteiger partial charge in [-0.1, -0.05) is 43.6 Å². The molecule has 1 aromatic carbocycles. The van der Waals surface area contributed by atoms with Crippen LogP contribution in [0.2, 0.25) is 5.02 Å². The minimum Gasteiger partial charge on any atom is -0.353 e. The van der Waals surface area contributed by atoms with E-state index in [0.29, 0.717) is 22.5 Å². The molecule has 0 spiro atoms. The first-order valence-corrected chi connectivity index (χ1v) is 13.2. The number of nitrogens with one attached hydrogen (secondary N) is 1. The van der Waals surface area contributed by atoms with E-state index in [4.69, 9.17) is 16.6 Å². The van der Waals surface area contributed by atoms with E-state index in [1.165, 1.54) is 6.42 Å². The molecule has 5 rings (SSSR count). The van der Waals surface area contributed by atoms with E-state index in [1.807, 2.05) is 24.3 Å². The summed E-state index contributed by atoms with van der Waals surface area (Å²) in [5, 5.41) is 4.85. The van der Waals surface area contributed by atoms with Crippen LogP contribution in [0, 0.1) is 0 Å². The molecule has 2 fully saturated rings. The van der Waals surface area contributed by atoms with Gasteiger partial charge in [-0.2, -0.15) is 4.98 Å². The minimum atomic E-state index is -0.307. The highest BCUT2D eigenvalue weighted by Crippen LogP contribution is 2.36. The number of hydrogen-bond acceptors (Lipinski definition) is 6. The summed E-state index contributed by atoms with van der Waals surface area (Å²) in [6.45, 7) is 12.0. The molecule has 0 bridgehead atoms. The highest BCUT2D eigenvalue weighted by Gasteiger charge is 2.28. The maximum atomic E-state index is 13.7. The van der Waals surface area contributed by atoms with Gasteiger partial charge in [0.05, 0.1) is 16.1 Å². The fraction of sp³-hybridized carbons (Fsp3) is 0.519. The number of aromatic nitrogens is 3. The van der Waals surface area contributed by atoms with Gasteiger partial charge in [-0.25, -0.2) is 14.3 Å². The van der Waals surface area contributed by atoms with Crippen molar-refractivity contribution in [2.75, 3.05) is 36.0 Å². The van der Waals surface area contributed by atoms with Gasteiger partial charge in [0.2, 0.25) is 0 Å². The van der Waals surface area contributed by atoms with Gasteiger partial charge >= 0.3 is 5.69 Å². The Morgan fingerprint density at radius 2 is 1.80 bits per heavy atom. The van der Waals surface area contributed by atoms with E-state index in [9.17, 15) is 4.79 Å². The molecule has 0 aliphatic carbocycles. The zero-order valence-corrected chi connectivity index (χ0v) is 21.8. The molecular weight excluding hydrogens is 460 g/mol. The third-order valence-corrected chi connectivity index (χ3v) is 7.71. The molecule has 0 amide bonds. The SMILES string of the molecule is CC(C)c1ccccc1-n1c(=O)nc(N2CCNCC2C)c2cc(Cl)c(N3CCCCC3C)nc21. The molecule has 35 heavy (non-hydrogen) atoms. The van der Waals surface area contributed by atoms with Gasteiger partial charge in [-0.3, -0.25) is 0 Å². The van der Waals surface area contributed by atoms with E-state index in [0.717, 1.165) is 61.5 Å². The van der Waals surface area contributed by atoms with Gasteiger partial charge in [0.25, 0.3) is 0 Å². The molecule has 186 valence electrons. The van der Waals surface area contributed by atoms with Gasteiger partial charge in [-0.05, 0) is 56.7 Å². The van der Waals surface area contributed by atoms with E-state index in [1.54, 1.807) is 4.57 Å². The number of piperazine rings is 1. The molecule has 2 saturated heterocycles. The molecule has 2 aliphatic heterocycles. The lowest BCUT2D eigenvalue weighted by Crippen LogP contribution is -2.50. The lowest BCUT2D eigenvalue weighted by molar-refractivity contribution is 0.481. The fourth-order valence-corrected chi connectivity index (χ4v) is 5.74. The largest absolute Gasteiger partial charge is 0.355 e. The van der Waals surface area contributed by atoms with Crippen LogP contribution in [0.3, 0.4) is 0 Å². The number of fused-ring (bicyclic) bond motifs is 1. The van der Waals surface area contributed by atoms with E-state index in [-0.39, 0.29) is 17.6 Å². The van der Waals surface area contributed by atoms with Crippen molar-refractivity contribution >= 4 is 34.3 Å². The van der Waals surface area contributed by atoms with Crippen molar-refractivity contribution in [3.05, 3.63) is 51.4 Å². The van der Waals surface area contributed by atoms with Crippen LogP contribution in [0.1, 0.15) is 58.4 Å². The zero-order chi connectivity index (χ0) is 24.7. The standard InChI is InChI=1S/C27H35ClN6O/c1-17(2)20-10-5-6-11-23(20)34-25-21(24(31-27(34)35)33-14-12-29-16-19(33)4)15-22(28)26(30-25)32-13-8-7-9-18(32)3/h5-6,10-11,15,17-19,29H,7-9,12-14,16H2,1-4H3. The van der Waals surface area contributed by atoms with Crippen LogP contribution in [-0.4, -0.2) is 52.8 Å². The topological polar surface area (TPSA) is 66.3 Å². The second kappa shape index (κ2) is 9.78. The molecular formula is C27H35ClN6O. The predicted octanol–water partition coefficient (Wildman–Crippen LogP) is 4.73. The Kier molecular flexibility index (Phi) is 6.73. The van der Waals surface area contributed by atoms with Crippen molar-refractivity contribution in [3.63, 3.8) is 0 Å². The Morgan fingerprint density at radius 1 is 1.03 bits per heavy atom. The number of pyridine rings is 1. The average molecular weight is 495 g/mol. The maximum Gasteiger partial charge on any atom is 0.355 e. The first-order valence-electron chi connectivity index (χ1n) is 12.8. The van der Waals surface area contributed by atoms with Crippen LogP contribution in [-0.2, 0) is 0 Å². The average Bonchev–Trinajstić information content (AvgIpc) is 2.84. The first-order chi connectivity index (χ1) is 16.9. The molecule has 8 heteroatoms. The van der Waals surface area contributed by atoms with Crippen LogP contribution in [0.5, 0.6) is 0 Å². The highest BCUT2D eigenvalue weighted by molar-refractivity contribution is 6.33. The molecule has 4 heterocycles. The second-order valence-electron chi connectivity index (χ2n) is 10.2. The number of nitrogens with zero attached hydrogens (tertiary/aromatic N) is 5. The molecule has 2 atom stereocenters. The smallest absolute Gasteiger partial charge is 0.353 e. The Bertz CT molecular complexity index is 1290. The monoisotopic (exact) mass is 494 g/mol. The van der Waals surface area contributed by atoms with Crippen molar-refractivity contribution in [2.45, 2.75) is 65.0 Å². The predicted molar refractivity (Wildman–Crippen MR) is 145 cm³/mol. The molecule has 2 aromatic heterocycles. The summed E-state index contributed by atoms with van der Waals surface area (Å²) in [7, 11) is 0. The molecule has 2 unspecified atom stereocenters.